The predicted molar refractivity (Wildman–Crippen MR) is 96.5 cm³/mol. The van der Waals surface area contributed by atoms with E-state index in [0.29, 0.717) is 18.3 Å². The van der Waals surface area contributed by atoms with Gasteiger partial charge in [-0.3, -0.25) is 14.2 Å². The monoisotopic (exact) mass is 349 g/mol. The van der Waals surface area contributed by atoms with Crippen molar-refractivity contribution in [3.05, 3.63) is 22.1 Å². The second-order valence-electron chi connectivity index (χ2n) is 7.74. The van der Waals surface area contributed by atoms with Gasteiger partial charge in [0.1, 0.15) is 0 Å². The lowest BCUT2D eigenvalue weighted by Crippen LogP contribution is -2.43. The van der Waals surface area contributed by atoms with Gasteiger partial charge in [0.15, 0.2) is 5.16 Å². The molecule has 0 spiro atoms. The summed E-state index contributed by atoms with van der Waals surface area (Å²) in [7, 11) is 0. The van der Waals surface area contributed by atoms with Crippen LogP contribution >= 0.6 is 11.8 Å². The van der Waals surface area contributed by atoms with Crippen LogP contribution in [0.1, 0.15) is 58.2 Å². The number of thioether (sulfide) groups is 1. The summed E-state index contributed by atoms with van der Waals surface area (Å²) < 4.78 is 1.73. The van der Waals surface area contributed by atoms with Crippen LogP contribution in [-0.4, -0.2) is 39.2 Å². The Morgan fingerprint density at radius 2 is 2.00 bits per heavy atom. The average Bonchev–Trinajstić information content (AvgIpc) is 2.89. The molecule has 2 aliphatic heterocycles. The summed E-state index contributed by atoms with van der Waals surface area (Å²) in [5.74, 6) is 2.28. The van der Waals surface area contributed by atoms with Gasteiger partial charge in [-0.2, -0.15) is 0 Å². The maximum atomic E-state index is 12.7. The fraction of sp³-hybridized carbons (Fsp3) is 0.722. The van der Waals surface area contributed by atoms with E-state index in [0.717, 1.165) is 29.7 Å². The van der Waals surface area contributed by atoms with E-state index in [1.807, 2.05) is 18.7 Å². The smallest absolute Gasteiger partial charge is 0.254 e. The minimum Gasteiger partial charge on any atom is -0.342 e. The molecule has 5 nitrogen and oxygen atoms in total. The van der Waals surface area contributed by atoms with E-state index in [1.54, 1.807) is 22.4 Å². The number of amides is 1. The zero-order chi connectivity index (χ0) is 17.4. The Labute approximate surface area is 147 Å². The predicted octanol–water partition coefficient (Wildman–Crippen LogP) is 2.91. The number of fused-ring (bicyclic) bond motifs is 1. The lowest BCUT2D eigenvalue weighted by Gasteiger charge is -2.35. The number of carbonyl (C=O) groups is 1. The van der Waals surface area contributed by atoms with Gasteiger partial charge in [0.2, 0.25) is 5.91 Å². The normalized spacial score (nSPS) is 26.7. The molecule has 0 aromatic carbocycles. The van der Waals surface area contributed by atoms with Crippen LogP contribution in [0, 0.1) is 11.8 Å². The number of likely N-dealkylation sites (tertiary alicyclic amines) is 1. The molecular formula is C18H27N3O2S. The molecule has 6 heteroatoms. The van der Waals surface area contributed by atoms with E-state index >= 15 is 0 Å². The van der Waals surface area contributed by atoms with Crippen molar-refractivity contribution in [2.45, 2.75) is 57.7 Å². The number of hydrogen-bond donors (Lipinski definition) is 0. The van der Waals surface area contributed by atoms with Gasteiger partial charge in [-0.05, 0) is 24.2 Å². The van der Waals surface area contributed by atoms with Crippen molar-refractivity contribution in [3.63, 3.8) is 0 Å². The van der Waals surface area contributed by atoms with Gasteiger partial charge < -0.3 is 4.90 Å². The van der Waals surface area contributed by atoms with E-state index in [9.17, 15) is 9.59 Å². The van der Waals surface area contributed by atoms with Crippen LogP contribution in [0.4, 0.5) is 0 Å². The van der Waals surface area contributed by atoms with E-state index in [1.165, 1.54) is 6.42 Å². The Balaban J connectivity index is 1.75. The molecule has 3 heterocycles. The van der Waals surface area contributed by atoms with E-state index < -0.39 is 0 Å². The van der Waals surface area contributed by atoms with Crippen LogP contribution in [0.5, 0.6) is 0 Å². The highest BCUT2D eigenvalue weighted by molar-refractivity contribution is 7.99. The Hall–Kier alpha value is -1.30. The molecule has 0 bridgehead atoms. The standard InChI is InChI=1S/C18H27N3O2S/c1-11(2)15-7-17(23)21-14(10-24-18(21)19-15)6-16(22)20-8-12(3)5-13(4)9-20/h7,11-14H,5-6,8-10H2,1-4H3. The van der Waals surface area contributed by atoms with Crippen molar-refractivity contribution in [1.29, 1.82) is 0 Å². The van der Waals surface area contributed by atoms with Gasteiger partial charge in [0.25, 0.3) is 5.56 Å². The largest absolute Gasteiger partial charge is 0.342 e. The van der Waals surface area contributed by atoms with Gasteiger partial charge in [-0.25, -0.2) is 4.98 Å². The van der Waals surface area contributed by atoms with Gasteiger partial charge in [-0.1, -0.05) is 39.5 Å². The molecule has 132 valence electrons. The number of carbonyl (C=O) groups excluding carboxylic acids is 1. The summed E-state index contributed by atoms with van der Waals surface area (Å²) in [5, 5.41) is 0.768. The zero-order valence-corrected chi connectivity index (χ0v) is 15.8. The molecule has 1 aromatic heterocycles. The molecule has 0 radical (unpaired) electrons. The van der Waals surface area contributed by atoms with Gasteiger partial charge >= 0.3 is 0 Å². The van der Waals surface area contributed by atoms with Gasteiger partial charge in [0.05, 0.1) is 11.7 Å². The van der Waals surface area contributed by atoms with E-state index in [4.69, 9.17) is 0 Å². The maximum Gasteiger partial charge on any atom is 0.254 e. The Morgan fingerprint density at radius 3 is 2.62 bits per heavy atom. The highest BCUT2D eigenvalue weighted by Gasteiger charge is 2.31. The van der Waals surface area contributed by atoms with Crippen LogP contribution in [0.2, 0.25) is 0 Å². The number of nitrogens with zero attached hydrogens (tertiary/aromatic N) is 3. The molecule has 0 aliphatic carbocycles. The molecule has 3 rings (SSSR count). The lowest BCUT2D eigenvalue weighted by molar-refractivity contribution is -0.134. The first-order chi connectivity index (χ1) is 11.3. The van der Waals surface area contributed by atoms with Crippen molar-refractivity contribution in [1.82, 2.24) is 14.5 Å². The van der Waals surface area contributed by atoms with Crippen LogP contribution in [-0.2, 0) is 4.79 Å². The van der Waals surface area contributed by atoms with Crippen LogP contribution in [0.15, 0.2) is 16.0 Å². The number of rotatable bonds is 3. The maximum absolute atomic E-state index is 12.7. The average molecular weight is 350 g/mol. The molecule has 1 saturated heterocycles. The Bertz CT molecular complexity index is 675. The molecule has 1 aromatic rings. The van der Waals surface area contributed by atoms with Crippen molar-refractivity contribution in [3.8, 4) is 0 Å². The van der Waals surface area contributed by atoms with Gasteiger partial charge in [0, 0.05) is 31.3 Å². The minimum absolute atomic E-state index is 0.0214. The third-order valence-electron chi connectivity index (χ3n) is 4.93. The van der Waals surface area contributed by atoms with Crippen LogP contribution < -0.4 is 5.56 Å². The Morgan fingerprint density at radius 1 is 1.33 bits per heavy atom. The third-order valence-corrected chi connectivity index (χ3v) is 6.03. The first kappa shape index (κ1) is 17.5. The minimum atomic E-state index is -0.0637. The molecule has 3 atom stereocenters. The summed E-state index contributed by atoms with van der Waals surface area (Å²) in [4.78, 5) is 31.8. The number of aromatic nitrogens is 2. The topological polar surface area (TPSA) is 55.2 Å². The van der Waals surface area contributed by atoms with Crippen molar-refractivity contribution in [2.75, 3.05) is 18.8 Å². The molecule has 1 amide bonds. The van der Waals surface area contributed by atoms with E-state index in [2.05, 4.69) is 18.8 Å². The van der Waals surface area contributed by atoms with Crippen molar-refractivity contribution < 1.29 is 4.79 Å². The summed E-state index contributed by atoms with van der Waals surface area (Å²) in [6, 6.07) is 1.56. The second kappa shape index (κ2) is 6.90. The van der Waals surface area contributed by atoms with Gasteiger partial charge in [-0.15, -0.1) is 0 Å². The van der Waals surface area contributed by atoms with Crippen LogP contribution in [0.3, 0.4) is 0 Å². The number of hydrogen-bond acceptors (Lipinski definition) is 4. The van der Waals surface area contributed by atoms with Crippen molar-refractivity contribution in [2.24, 2.45) is 11.8 Å². The molecule has 24 heavy (non-hydrogen) atoms. The van der Waals surface area contributed by atoms with E-state index in [-0.39, 0.29) is 23.4 Å². The quantitative estimate of drug-likeness (QED) is 0.788. The fourth-order valence-corrected chi connectivity index (χ4v) is 4.97. The summed E-state index contributed by atoms with van der Waals surface area (Å²) in [6.07, 6.45) is 1.59. The third kappa shape index (κ3) is 3.53. The SMILES string of the molecule is CC1CC(C)CN(C(=O)CC2CSc3nc(C(C)C)cc(=O)n32)C1. The first-order valence-corrected chi connectivity index (χ1v) is 9.87. The van der Waals surface area contributed by atoms with Crippen molar-refractivity contribution >= 4 is 17.7 Å². The zero-order valence-electron chi connectivity index (χ0n) is 15.0. The molecule has 0 N–H and O–H groups in total. The summed E-state index contributed by atoms with van der Waals surface area (Å²) in [5.41, 5.74) is 0.816. The highest BCUT2D eigenvalue weighted by Crippen LogP contribution is 2.33. The molecule has 3 unspecified atom stereocenters. The molecular weight excluding hydrogens is 322 g/mol. The lowest BCUT2D eigenvalue weighted by atomic mass is 9.91. The summed E-state index contributed by atoms with van der Waals surface area (Å²) in [6.45, 7) is 10.2. The molecule has 0 saturated carbocycles. The molecule has 2 aliphatic rings. The second-order valence-corrected chi connectivity index (χ2v) is 8.73. The fourth-order valence-electron chi connectivity index (χ4n) is 3.81. The first-order valence-electron chi connectivity index (χ1n) is 8.89. The van der Waals surface area contributed by atoms with Crippen LogP contribution in [0.25, 0.3) is 0 Å². The molecule has 1 fully saturated rings. The number of piperidine rings is 1. The Kier molecular flexibility index (Phi) is 5.04. The summed E-state index contributed by atoms with van der Waals surface area (Å²) >= 11 is 1.59. The highest BCUT2D eigenvalue weighted by atomic mass is 32.2.